The third-order valence-electron chi connectivity index (χ3n) is 4.39. The van der Waals surface area contributed by atoms with Crippen molar-refractivity contribution in [1.82, 2.24) is 9.29 Å². The molecule has 3 aromatic rings. The summed E-state index contributed by atoms with van der Waals surface area (Å²) in [6.45, 7) is 1.99. The SMILES string of the molecule is O=S(=O)(c1ccc(Br)s1)N1CCN(c2cc3ccccc3c(Cl)n2)CC1. The first kappa shape index (κ1) is 18.2. The highest BCUT2D eigenvalue weighted by atomic mass is 79.9. The zero-order valence-electron chi connectivity index (χ0n) is 13.6. The van der Waals surface area contributed by atoms with Crippen LogP contribution in [0.3, 0.4) is 0 Å². The second kappa shape index (κ2) is 7.09. The molecule has 0 atom stereocenters. The van der Waals surface area contributed by atoms with Crippen LogP contribution in [-0.4, -0.2) is 43.9 Å². The van der Waals surface area contributed by atoms with Gasteiger partial charge in [0.25, 0.3) is 10.0 Å². The Morgan fingerprint density at radius 2 is 1.81 bits per heavy atom. The summed E-state index contributed by atoms with van der Waals surface area (Å²) in [5, 5.41) is 2.42. The largest absolute Gasteiger partial charge is 0.354 e. The summed E-state index contributed by atoms with van der Waals surface area (Å²) < 4.78 is 28.2. The van der Waals surface area contributed by atoms with Gasteiger partial charge in [-0.2, -0.15) is 4.31 Å². The monoisotopic (exact) mass is 471 g/mol. The molecule has 0 bridgehead atoms. The Balaban J connectivity index is 1.54. The highest BCUT2D eigenvalue weighted by Crippen LogP contribution is 2.30. The zero-order chi connectivity index (χ0) is 18.3. The lowest BCUT2D eigenvalue weighted by Gasteiger charge is -2.34. The molecule has 1 aliphatic rings. The molecule has 5 nitrogen and oxygen atoms in total. The van der Waals surface area contributed by atoms with Gasteiger partial charge in [-0.25, -0.2) is 13.4 Å². The number of fused-ring (bicyclic) bond motifs is 1. The Morgan fingerprint density at radius 3 is 2.50 bits per heavy atom. The second-order valence-electron chi connectivity index (χ2n) is 5.94. The topological polar surface area (TPSA) is 53.5 Å². The smallest absolute Gasteiger partial charge is 0.252 e. The Kier molecular flexibility index (Phi) is 4.96. The van der Waals surface area contributed by atoms with Gasteiger partial charge in [0, 0.05) is 31.6 Å². The first-order chi connectivity index (χ1) is 12.4. The van der Waals surface area contributed by atoms with Crippen molar-refractivity contribution < 1.29 is 8.42 Å². The van der Waals surface area contributed by atoms with E-state index in [1.54, 1.807) is 12.1 Å². The number of hydrogen-bond acceptors (Lipinski definition) is 5. The van der Waals surface area contributed by atoms with Crippen molar-refractivity contribution >= 4 is 65.5 Å². The van der Waals surface area contributed by atoms with Crippen molar-refractivity contribution in [3.8, 4) is 0 Å². The van der Waals surface area contributed by atoms with Gasteiger partial charge in [-0.15, -0.1) is 11.3 Å². The molecule has 26 heavy (non-hydrogen) atoms. The van der Waals surface area contributed by atoms with Crippen molar-refractivity contribution in [2.45, 2.75) is 4.21 Å². The highest BCUT2D eigenvalue weighted by molar-refractivity contribution is 9.11. The maximum absolute atomic E-state index is 12.7. The molecule has 9 heteroatoms. The summed E-state index contributed by atoms with van der Waals surface area (Å²) in [5.41, 5.74) is 0. The van der Waals surface area contributed by atoms with Gasteiger partial charge in [0.1, 0.15) is 15.2 Å². The van der Waals surface area contributed by atoms with E-state index in [2.05, 4.69) is 25.8 Å². The predicted octanol–water partition coefficient (Wildman–Crippen LogP) is 4.22. The zero-order valence-corrected chi connectivity index (χ0v) is 17.6. The van der Waals surface area contributed by atoms with E-state index >= 15 is 0 Å². The van der Waals surface area contributed by atoms with E-state index in [4.69, 9.17) is 11.6 Å². The van der Waals surface area contributed by atoms with Crippen LogP contribution in [0.2, 0.25) is 5.15 Å². The molecule has 0 aliphatic carbocycles. The summed E-state index contributed by atoms with van der Waals surface area (Å²) in [6, 6.07) is 13.2. The number of piperazine rings is 1. The number of pyridine rings is 1. The van der Waals surface area contributed by atoms with E-state index in [1.807, 2.05) is 30.3 Å². The third kappa shape index (κ3) is 3.36. The number of anilines is 1. The van der Waals surface area contributed by atoms with E-state index in [0.717, 1.165) is 20.4 Å². The standard InChI is InChI=1S/C17H15BrClN3O2S2/c18-14-5-6-16(25-14)26(23,24)22-9-7-21(8-10-22)15-11-12-3-1-2-4-13(12)17(19)20-15/h1-6,11H,7-10H2. The quantitative estimate of drug-likeness (QED) is 0.536. The number of aromatic nitrogens is 1. The molecule has 136 valence electrons. The molecule has 3 heterocycles. The maximum atomic E-state index is 12.7. The molecular weight excluding hydrogens is 458 g/mol. The molecule has 1 aromatic carbocycles. The van der Waals surface area contributed by atoms with Gasteiger partial charge in [-0.3, -0.25) is 0 Å². The normalized spacial score (nSPS) is 16.3. The lowest BCUT2D eigenvalue weighted by molar-refractivity contribution is 0.385. The van der Waals surface area contributed by atoms with Crippen LogP contribution in [0.15, 0.2) is 50.5 Å². The number of sulfonamides is 1. The summed E-state index contributed by atoms with van der Waals surface area (Å²) in [4.78, 5) is 6.57. The summed E-state index contributed by atoms with van der Waals surface area (Å²) in [6.07, 6.45) is 0. The van der Waals surface area contributed by atoms with E-state index in [0.29, 0.717) is 35.5 Å². The van der Waals surface area contributed by atoms with Crippen LogP contribution in [0.4, 0.5) is 5.82 Å². The molecule has 0 spiro atoms. The molecule has 0 unspecified atom stereocenters. The van der Waals surface area contributed by atoms with Crippen molar-refractivity contribution in [1.29, 1.82) is 0 Å². The van der Waals surface area contributed by atoms with Crippen molar-refractivity contribution in [3.63, 3.8) is 0 Å². The van der Waals surface area contributed by atoms with Gasteiger partial charge in [-0.1, -0.05) is 35.9 Å². The van der Waals surface area contributed by atoms with Gasteiger partial charge >= 0.3 is 0 Å². The van der Waals surface area contributed by atoms with Gasteiger partial charge in [0.15, 0.2) is 0 Å². The predicted molar refractivity (Wildman–Crippen MR) is 110 cm³/mol. The molecule has 1 aliphatic heterocycles. The molecule has 1 fully saturated rings. The molecule has 0 N–H and O–H groups in total. The first-order valence-corrected chi connectivity index (χ1v) is 11.4. The van der Waals surface area contributed by atoms with Crippen molar-refractivity contribution in [3.05, 3.63) is 51.4 Å². The molecule has 1 saturated heterocycles. The van der Waals surface area contributed by atoms with Crippen LogP contribution in [0.1, 0.15) is 0 Å². The lowest BCUT2D eigenvalue weighted by Crippen LogP contribution is -2.48. The number of hydrogen-bond donors (Lipinski definition) is 0. The van der Waals surface area contributed by atoms with Crippen LogP contribution in [0.5, 0.6) is 0 Å². The van der Waals surface area contributed by atoms with Gasteiger partial charge in [-0.05, 0) is 39.5 Å². The Bertz CT molecular complexity index is 1060. The Morgan fingerprint density at radius 1 is 1.08 bits per heavy atom. The van der Waals surface area contributed by atoms with Gasteiger partial charge in [0.2, 0.25) is 0 Å². The Labute approximate surface area is 169 Å². The fraction of sp³-hybridized carbons (Fsp3) is 0.235. The van der Waals surface area contributed by atoms with E-state index in [1.165, 1.54) is 15.6 Å². The molecule has 4 rings (SSSR count). The third-order valence-corrected chi connectivity index (χ3v) is 8.66. The summed E-state index contributed by atoms with van der Waals surface area (Å²) in [7, 11) is -3.44. The fourth-order valence-electron chi connectivity index (χ4n) is 3.03. The van der Waals surface area contributed by atoms with E-state index in [-0.39, 0.29) is 0 Å². The molecular formula is C17H15BrClN3O2S2. The van der Waals surface area contributed by atoms with Crippen LogP contribution in [0, 0.1) is 0 Å². The lowest BCUT2D eigenvalue weighted by atomic mass is 10.2. The number of rotatable bonds is 3. The van der Waals surface area contributed by atoms with Crippen LogP contribution < -0.4 is 4.90 Å². The van der Waals surface area contributed by atoms with Crippen LogP contribution >= 0.6 is 38.9 Å². The molecule has 0 radical (unpaired) electrons. The Hall–Kier alpha value is -1.19. The van der Waals surface area contributed by atoms with Crippen molar-refractivity contribution in [2.24, 2.45) is 0 Å². The minimum absolute atomic E-state index is 0.365. The number of thiophene rings is 1. The first-order valence-electron chi connectivity index (χ1n) is 8.01. The summed E-state index contributed by atoms with van der Waals surface area (Å²) in [5.74, 6) is 0.782. The molecule has 0 saturated carbocycles. The average Bonchev–Trinajstić information content (AvgIpc) is 3.09. The van der Waals surface area contributed by atoms with Crippen LogP contribution in [0.25, 0.3) is 10.8 Å². The van der Waals surface area contributed by atoms with Gasteiger partial charge in [0.05, 0.1) is 3.79 Å². The fourth-order valence-corrected chi connectivity index (χ4v) is 6.87. The number of benzene rings is 1. The van der Waals surface area contributed by atoms with Gasteiger partial charge < -0.3 is 4.90 Å². The minimum atomic E-state index is -3.44. The molecule has 2 aromatic heterocycles. The van der Waals surface area contributed by atoms with E-state index < -0.39 is 10.0 Å². The highest BCUT2D eigenvalue weighted by Gasteiger charge is 2.30. The second-order valence-corrected chi connectivity index (χ2v) is 10.9. The summed E-state index contributed by atoms with van der Waals surface area (Å²) >= 11 is 10.9. The van der Waals surface area contributed by atoms with Crippen molar-refractivity contribution in [2.75, 3.05) is 31.1 Å². The minimum Gasteiger partial charge on any atom is -0.354 e. The van der Waals surface area contributed by atoms with Crippen LogP contribution in [-0.2, 0) is 10.0 Å². The number of halogens is 2. The average molecular weight is 473 g/mol. The molecule has 0 amide bonds. The maximum Gasteiger partial charge on any atom is 0.252 e. The van der Waals surface area contributed by atoms with E-state index in [9.17, 15) is 8.42 Å². The number of nitrogens with zero attached hydrogens (tertiary/aromatic N) is 3.